The molecule has 1 aliphatic heterocycles. The van der Waals surface area contributed by atoms with Crippen molar-refractivity contribution < 1.29 is 33.3 Å². The number of hydrogen-bond donors (Lipinski definition) is 4. The average Bonchev–Trinajstić information content (AvgIpc) is 3.97. The van der Waals surface area contributed by atoms with E-state index in [-0.39, 0.29) is 24.0 Å². The second-order valence-corrected chi connectivity index (χ2v) is 17.9. The highest BCUT2D eigenvalue weighted by atomic mass is 35.5. The number of carbonyl (C=O) groups excluding carboxylic acids is 3. The Labute approximate surface area is 380 Å². The number of fused-ring (bicyclic) bond motifs is 1. The molecule has 3 heterocycles. The van der Waals surface area contributed by atoms with Crippen LogP contribution in [-0.4, -0.2) is 102 Å². The predicted molar refractivity (Wildman–Crippen MR) is 242 cm³/mol. The van der Waals surface area contributed by atoms with E-state index >= 15 is 0 Å². The van der Waals surface area contributed by atoms with Gasteiger partial charge in [-0.2, -0.15) is 5.10 Å². The third kappa shape index (κ3) is 12.3. The summed E-state index contributed by atoms with van der Waals surface area (Å²) in [6.07, 6.45) is 12.5. The van der Waals surface area contributed by atoms with Gasteiger partial charge in [0.05, 0.1) is 62.8 Å². The quantitative estimate of drug-likeness (QED) is 0.0504. The number of nitrogens with zero attached hydrogens (tertiary/aromatic N) is 4. The van der Waals surface area contributed by atoms with Gasteiger partial charge >= 0.3 is 0 Å². The highest BCUT2D eigenvalue weighted by molar-refractivity contribution is 6.33. The Kier molecular flexibility index (Phi) is 16.0. The number of piperidine rings is 1. The van der Waals surface area contributed by atoms with E-state index in [1.165, 1.54) is 18.5 Å². The number of amides is 2. The molecule has 64 heavy (non-hydrogen) atoms. The molecule has 16 heteroatoms. The third-order valence-corrected chi connectivity index (χ3v) is 13.1. The molecule has 2 amide bonds. The lowest BCUT2D eigenvalue weighted by Crippen LogP contribution is -2.44. The zero-order valence-corrected chi connectivity index (χ0v) is 37.5. The number of ether oxygens (including phenoxy) is 4. The van der Waals surface area contributed by atoms with E-state index in [0.717, 1.165) is 85.6 Å². The van der Waals surface area contributed by atoms with Crippen LogP contribution in [0.15, 0.2) is 54.9 Å². The molecule has 4 aliphatic rings. The first kappa shape index (κ1) is 45.8. The van der Waals surface area contributed by atoms with Crippen LogP contribution >= 0.6 is 11.6 Å². The van der Waals surface area contributed by atoms with Gasteiger partial charge in [-0.3, -0.25) is 24.4 Å². The Morgan fingerprint density at radius 2 is 1.52 bits per heavy atom. The molecule has 4 aromatic rings. The number of rotatable bonds is 24. The Morgan fingerprint density at radius 1 is 0.797 bits per heavy atom. The molecule has 0 radical (unpaired) electrons. The van der Waals surface area contributed by atoms with Crippen LogP contribution in [0.3, 0.4) is 0 Å². The molecule has 1 unspecified atom stereocenters. The van der Waals surface area contributed by atoms with Gasteiger partial charge in [0.2, 0.25) is 17.8 Å². The summed E-state index contributed by atoms with van der Waals surface area (Å²) in [7, 11) is 1.99. The molecule has 0 bridgehead atoms. The van der Waals surface area contributed by atoms with Crippen LogP contribution in [0.2, 0.25) is 5.02 Å². The lowest BCUT2D eigenvalue weighted by molar-refractivity contribution is -0.137. The number of carbonyl (C=O) groups is 3. The van der Waals surface area contributed by atoms with Crippen molar-refractivity contribution in [3.05, 3.63) is 87.8 Å². The number of Topliss-reactive ketones (excluding diaryl/α,β-unsaturated/α-hetero) is 1. The summed E-state index contributed by atoms with van der Waals surface area (Å²) >= 11 is 6.58. The van der Waals surface area contributed by atoms with Gasteiger partial charge in [0.25, 0.3) is 0 Å². The molecule has 1 saturated heterocycles. The number of nitrogens with one attached hydrogen (secondary N) is 4. The normalized spacial score (nSPS) is 20.9. The molecule has 2 atom stereocenters. The van der Waals surface area contributed by atoms with Crippen LogP contribution in [0.25, 0.3) is 11.3 Å². The van der Waals surface area contributed by atoms with Crippen molar-refractivity contribution in [1.29, 1.82) is 0 Å². The average molecular weight is 898 g/mol. The van der Waals surface area contributed by atoms with Crippen molar-refractivity contribution in [1.82, 2.24) is 35.7 Å². The molecule has 4 N–H and O–H groups in total. The van der Waals surface area contributed by atoms with Gasteiger partial charge in [-0.1, -0.05) is 48.0 Å². The zero-order chi connectivity index (χ0) is 44.3. The lowest BCUT2D eigenvalue weighted by Gasteiger charge is -2.29. The van der Waals surface area contributed by atoms with Gasteiger partial charge in [-0.15, -0.1) is 0 Å². The fourth-order valence-electron chi connectivity index (χ4n) is 8.99. The summed E-state index contributed by atoms with van der Waals surface area (Å²) in [5, 5.41) is 18.1. The first-order valence-corrected chi connectivity index (χ1v) is 23.3. The van der Waals surface area contributed by atoms with E-state index in [4.69, 9.17) is 35.5 Å². The lowest BCUT2D eigenvalue weighted by atomic mass is 9.83. The summed E-state index contributed by atoms with van der Waals surface area (Å²) in [6.45, 7) is 6.00. The number of aromatic nitrogens is 4. The Morgan fingerprint density at radius 3 is 2.27 bits per heavy atom. The van der Waals surface area contributed by atoms with Gasteiger partial charge in [0.1, 0.15) is 12.4 Å². The molecule has 3 aliphatic carbocycles. The molecule has 3 fully saturated rings. The van der Waals surface area contributed by atoms with Crippen molar-refractivity contribution >= 4 is 35.1 Å². The predicted octanol–water partition coefficient (Wildman–Crippen LogP) is 5.62. The first-order valence-electron chi connectivity index (χ1n) is 23.0. The van der Waals surface area contributed by atoms with Crippen LogP contribution in [0.4, 0.5) is 5.95 Å². The van der Waals surface area contributed by atoms with Crippen molar-refractivity contribution in [2.75, 3.05) is 58.0 Å². The number of hydrogen-bond acceptors (Lipinski definition) is 13. The minimum atomic E-state index is -0.493. The maximum absolute atomic E-state index is 13.2. The smallest absolute Gasteiger partial charge is 0.230 e. The molecule has 342 valence electrons. The third-order valence-electron chi connectivity index (χ3n) is 12.8. The van der Waals surface area contributed by atoms with Gasteiger partial charge in [0.15, 0.2) is 5.78 Å². The van der Waals surface area contributed by atoms with E-state index in [9.17, 15) is 14.4 Å². The molecule has 2 saturated carbocycles. The summed E-state index contributed by atoms with van der Waals surface area (Å²) in [5.41, 5.74) is 6.55. The fourth-order valence-corrected chi connectivity index (χ4v) is 9.18. The summed E-state index contributed by atoms with van der Waals surface area (Å²) < 4.78 is 25.3. The highest BCUT2D eigenvalue weighted by Crippen LogP contribution is 2.40. The number of aryl methyl sites for hydroxylation is 1. The van der Waals surface area contributed by atoms with E-state index in [2.05, 4.69) is 43.5 Å². The van der Waals surface area contributed by atoms with Crippen LogP contribution in [0.5, 0.6) is 5.75 Å². The van der Waals surface area contributed by atoms with E-state index < -0.39 is 11.8 Å². The maximum Gasteiger partial charge on any atom is 0.230 e. The molecular weight excluding hydrogens is 836 g/mol. The number of anilines is 1. The van der Waals surface area contributed by atoms with E-state index in [0.29, 0.717) is 93.5 Å². The first-order chi connectivity index (χ1) is 31.3. The molecule has 0 spiro atoms. The minimum Gasteiger partial charge on any atom is -0.489 e. The number of imide groups is 1. The maximum atomic E-state index is 13.2. The van der Waals surface area contributed by atoms with E-state index in [1.54, 1.807) is 12.3 Å². The van der Waals surface area contributed by atoms with Gasteiger partial charge in [-0.05, 0) is 80.9 Å². The number of halogens is 1. The van der Waals surface area contributed by atoms with Crippen molar-refractivity contribution in [3.63, 3.8) is 0 Å². The van der Waals surface area contributed by atoms with Gasteiger partial charge in [0, 0.05) is 79.4 Å². The molecule has 15 nitrogen and oxygen atoms in total. The topological polar surface area (TPSA) is 180 Å². The number of ketones is 1. The summed E-state index contributed by atoms with van der Waals surface area (Å²) in [6, 6.07) is 14.5. The van der Waals surface area contributed by atoms with Crippen LogP contribution < -0.4 is 26.0 Å². The molecule has 2 aromatic carbocycles. The summed E-state index contributed by atoms with van der Waals surface area (Å²) in [4.78, 5) is 46.6. The van der Waals surface area contributed by atoms with Crippen LogP contribution in [0, 0.1) is 17.8 Å². The van der Waals surface area contributed by atoms with E-state index in [1.807, 2.05) is 42.2 Å². The SMILES string of the molecule is Cn1ncc(-c2nc(N[C@H]3CC[C@H](NCCOCCOCCOCCNCc4ccc(COc5cccc6c5CC([C@H]5CCC(=O)NC5=O)C6=O)cc4)CC3)ncc2Cl)c1CC1CC1. The highest BCUT2D eigenvalue weighted by Gasteiger charge is 2.43. The van der Waals surface area contributed by atoms with Crippen LogP contribution in [-0.2, 0) is 56.8 Å². The largest absolute Gasteiger partial charge is 0.489 e. The fraction of sp³-hybridized carbons (Fsp3) is 0.542. The Bertz CT molecular complexity index is 2210. The second kappa shape index (κ2) is 22.4. The molecule has 2 aromatic heterocycles. The second-order valence-electron chi connectivity index (χ2n) is 17.4. The van der Waals surface area contributed by atoms with Crippen molar-refractivity contribution in [2.24, 2.45) is 24.8 Å². The minimum absolute atomic E-state index is 0.0495. The van der Waals surface area contributed by atoms with Crippen LogP contribution in [0.1, 0.15) is 84.1 Å². The van der Waals surface area contributed by atoms with Gasteiger partial charge in [-0.25, -0.2) is 9.97 Å². The van der Waals surface area contributed by atoms with Crippen molar-refractivity contribution in [3.8, 4) is 17.0 Å². The van der Waals surface area contributed by atoms with Gasteiger partial charge < -0.3 is 34.9 Å². The Balaban J connectivity index is 0.616. The molecular formula is C48H61ClN8O7. The summed E-state index contributed by atoms with van der Waals surface area (Å²) in [5.74, 6) is 0.383. The Hall–Kier alpha value is -4.77. The van der Waals surface area contributed by atoms with Crippen molar-refractivity contribution in [2.45, 2.75) is 89.4 Å². The zero-order valence-electron chi connectivity index (χ0n) is 36.7. The standard InChI is InChI=1S/C48H61ClN8O7/c1-57-42(25-31-5-6-31)40(28-53-57)45-41(49)29-52-48(56-45)54-35-13-11-34(12-14-35)51-18-20-62-22-24-63-23-21-61-19-17-50-27-32-7-9-33(10-8-32)30-64-43-4-2-3-36-38(43)26-39(46(36)59)37-15-16-44(58)55-47(37)60/h2-4,7-10,28-29,31,34-35,37,39,50-51H,5-6,11-27,30H2,1H3,(H,52,54,56)(H,55,58,60)/t34-,35-,37-,39?/m1/s1. The number of benzene rings is 2. The monoisotopic (exact) mass is 896 g/mol. The molecule has 8 rings (SSSR count).